The Hall–Kier alpha value is -4.17. The number of allylic oxidation sites excluding steroid dienone is 2. The summed E-state index contributed by atoms with van der Waals surface area (Å²) in [5.74, 6) is 0.205. The summed E-state index contributed by atoms with van der Waals surface area (Å²) in [7, 11) is 1.60. The quantitative estimate of drug-likeness (QED) is 0.277. The number of ether oxygens (including phenoxy) is 2. The molecule has 4 aromatic rings. The molecule has 0 saturated carbocycles. The number of fused-ring (bicyclic) bond motifs is 2. The molecule has 1 atom stereocenters. The SMILES string of the molecule is C=CCn1cc(C=c2sc3n(c2=O)C(c2ccc(OC)cc2)C(C(=O)OCC)=C(C)N=3)c2ccccc21. The van der Waals surface area contributed by atoms with Crippen LogP contribution < -0.4 is 19.6 Å². The van der Waals surface area contributed by atoms with Crippen LogP contribution in [0.15, 0.2) is 88.4 Å². The van der Waals surface area contributed by atoms with E-state index >= 15 is 0 Å². The third-order valence-corrected chi connectivity index (χ3v) is 7.36. The average molecular weight is 514 g/mol. The zero-order valence-electron chi connectivity index (χ0n) is 20.9. The van der Waals surface area contributed by atoms with Crippen molar-refractivity contribution >= 4 is 34.3 Å². The van der Waals surface area contributed by atoms with E-state index in [4.69, 9.17) is 9.47 Å². The summed E-state index contributed by atoms with van der Waals surface area (Å²) in [6, 6.07) is 14.8. The Morgan fingerprint density at radius 3 is 2.65 bits per heavy atom. The second kappa shape index (κ2) is 10.1. The average Bonchev–Trinajstić information content (AvgIpc) is 3.40. The highest BCUT2D eigenvalue weighted by atomic mass is 32.1. The summed E-state index contributed by atoms with van der Waals surface area (Å²) in [4.78, 5) is 32.1. The van der Waals surface area contributed by atoms with Crippen molar-refractivity contribution in [1.82, 2.24) is 9.13 Å². The van der Waals surface area contributed by atoms with Crippen molar-refractivity contribution in [2.45, 2.75) is 26.4 Å². The number of nitrogens with zero attached hydrogens (tertiary/aromatic N) is 3. The van der Waals surface area contributed by atoms with Gasteiger partial charge in [-0.25, -0.2) is 9.79 Å². The second-order valence-corrected chi connectivity index (χ2v) is 9.63. The first-order valence-corrected chi connectivity index (χ1v) is 12.8. The van der Waals surface area contributed by atoms with Crippen LogP contribution in [-0.4, -0.2) is 28.8 Å². The monoisotopic (exact) mass is 513 g/mol. The van der Waals surface area contributed by atoms with Crippen LogP contribution in [0, 0.1) is 0 Å². The molecule has 0 amide bonds. The summed E-state index contributed by atoms with van der Waals surface area (Å²) in [5, 5.41) is 1.05. The van der Waals surface area contributed by atoms with Gasteiger partial charge >= 0.3 is 5.97 Å². The number of aromatic nitrogens is 2. The van der Waals surface area contributed by atoms with Crippen molar-refractivity contribution < 1.29 is 14.3 Å². The van der Waals surface area contributed by atoms with Gasteiger partial charge in [-0.3, -0.25) is 9.36 Å². The maximum Gasteiger partial charge on any atom is 0.338 e. The number of methoxy groups -OCH3 is 1. The molecule has 1 aliphatic rings. The van der Waals surface area contributed by atoms with Gasteiger partial charge in [-0.15, -0.1) is 6.58 Å². The van der Waals surface area contributed by atoms with E-state index in [1.165, 1.54) is 11.3 Å². The van der Waals surface area contributed by atoms with E-state index in [-0.39, 0.29) is 12.2 Å². The molecular formula is C29H27N3O4S. The van der Waals surface area contributed by atoms with E-state index in [0.717, 1.165) is 22.0 Å². The molecule has 3 heterocycles. The molecule has 0 saturated heterocycles. The zero-order chi connectivity index (χ0) is 26.1. The number of hydrogen-bond donors (Lipinski definition) is 0. The van der Waals surface area contributed by atoms with E-state index in [1.807, 2.05) is 60.8 Å². The molecule has 0 fully saturated rings. The summed E-state index contributed by atoms with van der Waals surface area (Å²) in [5.41, 5.74) is 3.46. The second-order valence-electron chi connectivity index (χ2n) is 8.62. The molecule has 7 nitrogen and oxygen atoms in total. The molecule has 2 aromatic heterocycles. The van der Waals surface area contributed by atoms with Crippen LogP contribution in [0.4, 0.5) is 0 Å². The minimum absolute atomic E-state index is 0.209. The number of esters is 1. The highest BCUT2D eigenvalue weighted by molar-refractivity contribution is 7.07. The highest BCUT2D eigenvalue weighted by Gasteiger charge is 2.33. The van der Waals surface area contributed by atoms with Crippen LogP contribution in [0.5, 0.6) is 5.75 Å². The minimum Gasteiger partial charge on any atom is -0.497 e. The fourth-order valence-corrected chi connectivity index (χ4v) is 5.75. The van der Waals surface area contributed by atoms with E-state index in [9.17, 15) is 9.59 Å². The van der Waals surface area contributed by atoms with Gasteiger partial charge < -0.3 is 14.0 Å². The zero-order valence-corrected chi connectivity index (χ0v) is 21.7. The summed E-state index contributed by atoms with van der Waals surface area (Å²) >= 11 is 1.31. The van der Waals surface area contributed by atoms with Crippen LogP contribution >= 0.6 is 11.3 Å². The van der Waals surface area contributed by atoms with E-state index in [0.29, 0.717) is 32.9 Å². The lowest BCUT2D eigenvalue weighted by Gasteiger charge is -2.24. The fourth-order valence-electron chi connectivity index (χ4n) is 4.71. The summed E-state index contributed by atoms with van der Waals surface area (Å²) in [6.07, 6.45) is 5.78. The van der Waals surface area contributed by atoms with Crippen molar-refractivity contribution in [2.24, 2.45) is 4.99 Å². The maximum atomic E-state index is 13.9. The van der Waals surface area contributed by atoms with Crippen molar-refractivity contribution in [3.63, 3.8) is 0 Å². The maximum absolute atomic E-state index is 13.9. The van der Waals surface area contributed by atoms with Gasteiger partial charge in [0.05, 0.1) is 35.6 Å². The van der Waals surface area contributed by atoms with Gasteiger partial charge in [0, 0.05) is 29.2 Å². The molecule has 0 aliphatic carbocycles. The number of benzene rings is 2. The standard InChI is InChI=1S/C29H27N3O4S/c1-5-15-31-17-20(22-9-7-8-10-23(22)31)16-24-27(33)32-26(19-11-13-21(35-4)14-12-19)25(28(34)36-6-2)18(3)30-29(32)37-24/h5,7-14,16-17,26H,1,6,15H2,2-4H3. The van der Waals surface area contributed by atoms with Crippen LogP contribution in [0.25, 0.3) is 17.0 Å². The van der Waals surface area contributed by atoms with Crippen molar-refractivity contribution in [3.8, 4) is 5.75 Å². The molecule has 2 aromatic carbocycles. The van der Waals surface area contributed by atoms with Gasteiger partial charge in [0.25, 0.3) is 5.56 Å². The lowest BCUT2D eigenvalue weighted by atomic mass is 9.96. The van der Waals surface area contributed by atoms with Crippen molar-refractivity contribution in [3.05, 3.63) is 109 Å². The van der Waals surface area contributed by atoms with E-state index in [2.05, 4.69) is 22.2 Å². The Kier molecular flexibility index (Phi) is 6.67. The van der Waals surface area contributed by atoms with Gasteiger partial charge in [0.15, 0.2) is 4.80 Å². The van der Waals surface area contributed by atoms with Gasteiger partial charge in [0.2, 0.25) is 0 Å². The lowest BCUT2D eigenvalue weighted by Crippen LogP contribution is -2.39. The van der Waals surface area contributed by atoms with Crippen LogP contribution in [0.3, 0.4) is 0 Å². The van der Waals surface area contributed by atoms with Gasteiger partial charge in [0.1, 0.15) is 5.75 Å². The Morgan fingerprint density at radius 2 is 1.95 bits per heavy atom. The smallest absolute Gasteiger partial charge is 0.338 e. The van der Waals surface area contributed by atoms with E-state index < -0.39 is 12.0 Å². The molecule has 5 rings (SSSR count). The largest absolute Gasteiger partial charge is 0.497 e. The fraction of sp³-hybridized carbons (Fsp3) is 0.207. The molecular weight excluding hydrogens is 486 g/mol. The molecule has 0 N–H and O–H groups in total. The molecule has 0 spiro atoms. The molecule has 37 heavy (non-hydrogen) atoms. The van der Waals surface area contributed by atoms with Crippen LogP contribution in [-0.2, 0) is 16.1 Å². The Bertz CT molecular complexity index is 1720. The Labute approximate surface area is 217 Å². The van der Waals surface area contributed by atoms with Crippen molar-refractivity contribution in [2.75, 3.05) is 13.7 Å². The Balaban J connectivity index is 1.73. The number of carbonyl (C=O) groups is 1. The molecule has 8 heteroatoms. The summed E-state index contributed by atoms with van der Waals surface area (Å²) in [6.45, 7) is 8.29. The molecule has 0 bridgehead atoms. The molecule has 1 aliphatic heterocycles. The normalized spacial score (nSPS) is 15.4. The van der Waals surface area contributed by atoms with Gasteiger partial charge in [-0.1, -0.05) is 47.7 Å². The first-order chi connectivity index (χ1) is 18.0. The number of carbonyl (C=O) groups excluding carboxylic acids is 1. The first kappa shape index (κ1) is 24.5. The van der Waals surface area contributed by atoms with Gasteiger partial charge in [-0.05, 0) is 43.7 Å². The van der Waals surface area contributed by atoms with Crippen LogP contribution in [0.2, 0.25) is 0 Å². The third kappa shape index (κ3) is 4.34. The number of hydrogen-bond acceptors (Lipinski definition) is 6. The number of thiazole rings is 1. The van der Waals surface area contributed by atoms with Crippen molar-refractivity contribution in [1.29, 1.82) is 0 Å². The minimum atomic E-state index is -0.662. The molecule has 0 radical (unpaired) electrons. The predicted octanol–water partition coefficient (Wildman–Crippen LogP) is 3.95. The molecule has 188 valence electrons. The molecule has 1 unspecified atom stereocenters. The highest BCUT2D eigenvalue weighted by Crippen LogP contribution is 2.31. The van der Waals surface area contributed by atoms with Gasteiger partial charge in [-0.2, -0.15) is 0 Å². The van der Waals surface area contributed by atoms with Crippen LogP contribution in [0.1, 0.15) is 31.0 Å². The number of rotatable bonds is 7. The summed E-state index contributed by atoms with van der Waals surface area (Å²) < 4.78 is 14.9. The Morgan fingerprint density at radius 1 is 1.19 bits per heavy atom. The lowest BCUT2D eigenvalue weighted by molar-refractivity contribution is -0.139. The predicted molar refractivity (Wildman–Crippen MR) is 146 cm³/mol. The third-order valence-electron chi connectivity index (χ3n) is 6.38. The first-order valence-electron chi connectivity index (χ1n) is 12.0. The topological polar surface area (TPSA) is 74.8 Å². The van der Waals surface area contributed by atoms with E-state index in [1.54, 1.807) is 25.5 Å². The number of para-hydroxylation sites is 1.